The van der Waals surface area contributed by atoms with E-state index in [-0.39, 0.29) is 0 Å². The molecule has 0 aliphatic heterocycles. The van der Waals surface area contributed by atoms with E-state index in [1.165, 1.54) is 4.68 Å². The fourth-order valence-electron chi connectivity index (χ4n) is 1.33. The molecule has 3 nitrogen and oxygen atoms in total. The Balaban J connectivity index is 2.95. The standard InChI is InChI=1S/C9H11F3N2O/c1-5-7(6(2)14(3)13-5)4-8(15)9(10,11)12/h4H2,1-3H3. The predicted octanol–water partition coefficient (Wildman–Crippen LogP) is 1.71. The van der Waals surface area contributed by atoms with Crippen LogP contribution in [-0.4, -0.2) is 21.7 Å². The number of alkyl halides is 3. The molecule has 0 fully saturated rings. The minimum Gasteiger partial charge on any atom is -0.289 e. The molecule has 1 aromatic heterocycles. The van der Waals surface area contributed by atoms with Gasteiger partial charge < -0.3 is 0 Å². The quantitative estimate of drug-likeness (QED) is 0.760. The summed E-state index contributed by atoms with van der Waals surface area (Å²) in [7, 11) is 1.63. The van der Waals surface area contributed by atoms with E-state index >= 15 is 0 Å². The van der Waals surface area contributed by atoms with Crippen molar-refractivity contribution in [1.82, 2.24) is 9.78 Å². The highest BCUT2D eigenvalue weighted by molar-refractivity contribution is 5.86. The first-order valence-corrected chi connectivity index (χ1v) is 4.32. The van der Waals surface area contributed by atoms with Gasteiger partial charge in [-0.3, -0.25) is 9.48 Å². The maximum Gasteiger partial charge on any atom is 0.450 e. The first-order valence-electron chi connectivity index (χ1n) is 4.32. The third kappa shape index (κ3) is 2.37. The molecule has 1 rings (SSSR count). The SMILES string of the molecule is Cc1nn(C)c(C)c1CC(=O)C(F)(F)F. The van der Waals surface area contributed by atoms with E-state index in [0.717, 1.165) is 0 Å². The molecule has 15 heavy (non-hydrogen) atoms. The van der Waals surface area contributed by atoms with Gasteiger partial charge in [-0.15, -0.1) is 0 Å². The first kappa shape index (κ1) is 11.7. The normalized spacial score (nSPS) is 11.9. The Labute approximate surface area is 84.9 Å². The number of halogens is 3. The largest absolute Gasteiger partial charge is 0.450 e. The molecule has 1 aromatic rings. The van der Waals surface area contributed by atoms with Gasteiger partial charge in [0, 0.05) is 24.7 Å². The van der Waals surface area contributed by atoms with Crippen LogP contribution in [0.4, 0.5) is 13.2 Å². The number of aryl methyl sites for hydroxylation is 2. The van der Waals surface area contributed by atoms with Crippen LogP contribution in [0.2, 0.25) is 0 Å². The topological polar surface area (TPSA) is 34.9 Å². The van der Waals surface area contributed by atoms with Crippen LogP contribution in [0.25, 0.3) is 0 Å². The number of carbonyl (C=O) groups is 1. The molecule has 0 aromatic carbocycles. The summed E-state index contributed by atoms with van der Waals surface area (Å²) in [4.78, 5) is 10.8. The lowest BCUT2D eigenvalue weighted by Gasteiger charge is -2.05. The number of Topliss-reactive ketones (excluding diaryl/α,β-unsaturated/α-hetero) is 1. The molecule has 0 amide bonds. The van der Waals surface area contributed by atoms with Gasteiger partial charge in [0.25, 0.3) is 0 Å². The molecular weight excluding hydrogens is 209 g/mol. The maximum atomic E-state index is 12.0. The molecular formula is C9H11F3N2O. The molecule has 1 heterocycles. The molecule has 6 heteroatoms. The number of rotatable bonds is 2. The zero-order chi connectivity index (χ0) is 11.8. The van der Waals surface area contributed by atoms with Crippen molar-refractivity contribution in [2.45, 2.75) is 26.4 Å². The monoisotopic (exact) mass is 220 g/mol. The minimum atomic E-state index is -4.77. The van der Waals surface area contributed by atoms with Gasteiger partial charge in [-0.2, -0.15) is 18.3 Å². The first-order chi connectivity index (χ1) is 6.73. The van der Waals surface area contributed by atoms with Gasteiger partial charge in [-0.25, -0.2) is 0 Å². The number of nitrogens with zero attached hydrogens (tertiary/aromatic N) is 2. The average Bonchev–Trinajstić information content (AvgIpc) is 2.30. The van der Waals surface area contributed by atoms with Crippen LogP contribution in [0.3, 0.4) is 0 Å². The van der Waals surface area contributed by atoms with Crippen molar-refractivity contribution >= 4 is 5.78 Å². The van der Waals surface area contributed by atoms with Crippen molar-refractivity contribution in [2.24, 2.45) is 7.05 Å². The van der Waals surface area contributed by atoms with Crippen LogP contribution >= 0.6 is 0 Å². The molecule has 0 aliphatic carbocycles. The number of hydrogen-bond donors (Lipinski definition) is 0. The Hall–Kier alpha value is -1.33. The molecule has 0 aliphatic rings. The van der Waals surface area contributed by atoms with Crippen LogP contribution in [-0.2, 0) is 18.3 Å². The van der Waals surface area contributed by atoms with E-state index in [0.29, 0.717) is 17.0 Å². The fourth-order valence-corrected chi connectivity index (χ4v) is 1.33. The number of carbonyl (C=O) groups excluding carboxylic acids is 1. The van der Waals surface area contributed by atoms with Gasteiger partial charge in [0.1, 0.15) is 0 Å². The summed E-state index contributed by atoms with van der Waals surface area (Å²) in [6, 6.07) is 0. The Bertz CT molecular complexity index is 393. The van der Waals surface area contributed by atoms with Gasteiger partial charge in [-0.1, -0.05) is 0 Å². The lowest BCUT2D eigenvalue weighted by atomic mass is 10.1. The highest BCUT2D eigenvalue weighted by Crippen LogP contribution is 2.21. The zero-order valence-corrected chi connectivity index (χ0v) is 8.64. The van der Waals surface area contributed by atoms with Crippen molar-refractivity contribution < 1.29 is 18.0 Å². The van der Waals surface area contributed by atoms with E-state index in [2.05, 4.69) is 5.10 Å². The van der Waals surface area contributed by atoms with E-state index in [1.54, 1.807) is 20.9 Å². The molecule has 0 unspecified atom stereocenters. The average molecular weight is 220 g/mol. The Kier molecular flexibility index (Phi) is 2.88. The lowest BCUT2D eigenvalue weighted by molar-refractivity contribution is -0.170. The highest BCUT2D eigenvalue weighted by Gasteiger charge is 2.38. The van der Waals surface area contributed by atoms with Crippen molar-refractivity contribution in [1.29, 1.82) is 0 Å². The van der Waals surface area contributed by atoms with E-state index in [1.807, 2.05) is 0 Å². The zero-order valence-electron chi connectivity index (χ0n) is 8.64. The second-order valence-corrected chi connectivity index (χ2v) is 3.37. The summed E-state index contributed by atoms with van der Waals surface area (Å²) in [5, 5.41) is 3.94. The molecule has 0 atom stereocenters. The van der Waals surface area contributed by atoms with Crippen LogP contribution < -0.4 is 0 Å². The van der Waals surface area contributed by atoms with Crippen molar-refractivity contribution in [3.8, 4) is 0 Å². The summed E-state index contributed by atoms with van der Waals surface area (Å²) in [6.45, 7) is 3.23. The van der Waals surface area contributed by atoms with E-state index < -0.39 is 18.4 Å². The summed E-state index contributed by atoms with van der Waals surface area (Å²) in [5.74, 6) is -1.73. The van der Waals surface area contributed by atoms with Gasteiger partial charge in [-0.05, 0) is 13.8 Å². The van der Waals surface area contributed by atoms with Crippen molar-refractivity contribution in [3.05, 3.63) is 17.0 Å². The summed E-state index contributed by atoms with van der Waals surface area (Å²) >= 11 is 0. The molecule has 0 radical (unpaired) electrons. The third-order valence-corrected chi connectivity index (χ3v) is 2.31. The maximum absolute atomic E-state index is 12.0. The van der Waals surface area contributed by atoms with Gasteiger partial charge in [0.15, 0.2) is 0 Å². The van der Waals surface area contributed by atoms with Crippen molar-refractivity contribution in [2.75, 3.05) is 0 Å². The van der Waals surface area contributed by atoms with Crippen LogP contribution in [0.1, 0.15) is 17.0 Å². The minimum absolute atomic E-state index is 0.361. The molecule has 0 N–H and O–H groups in total. The number of ketones is 1. The molecule has 0 spiro atoms. The van der Waals surface area contributed by atoms with Gasteiger partial charge in [0.2, 0.25) is 5.78 Å². The molecule has 0 saturated carbocycles. The number of aromatic nitrogens is 2. The molecule has 84 valence electrons. The molecule has 0 saturated heterocycles. The third-order valence-electron chi connectivity index (χ3n) is 2.31. The van der Waals surface area contributed by atoms with E-state index in [4.69, 9.17) is 0 Å². The van der Waals surface area contributed by atoms with Crippen LogP contribution in [0.5, 0.6) is 0 Å². The summed E-state index contributed by atoms with van der Waals surface area (Å²) in [5.41, 5.74) is 1.41. The number of hydrogen-bond acceptors (Lipinski definition) is 2. The Morgan fingerprint density at radius 3 is 2.27 bits per heavy atom. The van der Waals surface area contributed by atoms with Gasteiger partial charge >= 0.3 is 6.18 Å². The summed E-state index contributed by atoms with van der Waals surface area (Å²) < 4.78 is 37.6. The van der Waals surface area contributed by atoms with Crippen molar-refractivity contribution in [3.63, 3.8) is 0 Å². The second kappa shape index (κ2) is 3.67. The smallest absolute Gasteiger partial charge is 0.289 e. The predicted molar refractivity (Wildman–Crippen MR) is 47.4 cm³/mol. The van der Waals surface area contributed by atoms with Gasteiger partial charge in [0.05, 0.1) is 5.69 Å². The van der Waals surface area contributed by atoms with E-state index in [9.17, 15) is 18.0 Å². The van der Waals surface area contributed by atoms with Crippen LogP contribution in [0.15, 0.2) is 0 Å². The Morgan fingerprint density at radius 1 is 1.40 bits per heavy atom. The Morgan fingerprint density at radius 2 is 1.93 bits per heavy atom. The second-order valence-electron chi connectivity index (χ2n) is 3.37. The lowest BCUT2D eigenvalue weighted by Crippen LogP contribution is -2.25. The van der Waals surface area contributed by atoms with Crippen LogP contribution in [0, 0.1) is 13.8 Å². The fraction of sp³-hybridized carbons (Fsp3) is 0.556. The highest BCUT2D eigenvalue weighted by atomic mass is 19.4. The summed E-state index contributed by atoms with van der Waals surface area (Å²) in [6.07, 6.45) is -5.40. The molecule has 0 bridgehead atoms.